The highest BCUT2D eigenvalue weighted by Gasteiger charge is 2.29. The molecule has 4 N–H and O–H groups in total. The van der Waals surface area contributed by atoms with E-state index in [1.54, 1.807) is 0 Å². The molecule has 2 aliphatic rings. The first kappa shape index (κ1) is 15.1. The average molecular weight is 313 g/mol. The van der Waals surface area contributed by atoms with Crippen molar-refractivity contribution < 1.29 is 14.7 Å². The highest BCUT2D eigenvalue weighted by atomic mass is 16.3. The summed E-state index contributed by atoms with van der Waals surface area (Å²) in [6.07, 6.45) is 2.80. The van der Waals surface area contributed by atoms with Crippen LogP contribution in [0.15, 0.2) is 41.9 Å². The van der Waals surface area contributed by atoms with E-state index in [4.69, 9.17) is 0 Å². The summed E-state index contributed by atoms with van der Waals surface area (Å²) >= 11 is 0. The third-order valence-electron chi connectivity index (χ3n) is 4.30. The quantitative estimate of drug-likeness (QED) is 0.674. The molecule has 0 radical (unpaired) electrons. The maximum atomic E-state index is 12.4. The minimum absolute atomic E-state index is 0.0128. The van der Waals surface area contributed by atoms with Gasteiger partial charge in [-0.15, -0.1) is 0 Å². The number of aryl methyl sites for hydroxylation is 1. The molecule has 0 unspecified atom stereocenters. The number of hydrogen-bond acceptors (Lipinski definition) is 3. The lowest BCUT2D eigenvalue weighted by Gasteiger charge is -2.28. The van der Waals surface area contributed by atoms with E-state index in [1.165, 1.54) is 11.1 Å². The molecule has 3 rings (SSSR count). The highest BCUT2D eigenvalue weighted by molar-refractivity contribution is 6.00. The van der Waals surface area contributed by atoms with Gasteiger partial charge in [0, 0.05) is 0 Å². The van der Waals surface area contributed by atoms with Gasteiger partial charge in [0.05, 0.1) is 11.7 Å². The number of fused-ring (bicyclic) bond motifs is 1. The van der Waals surface area contributed by atoms with Gasteiger partial charge in [-0.25, -0.2) is 4.79 Å². The molecule has 0 spiro atoms. The highest BCUT2D eigenvalue weighted by Crippen LogP contribution is 2.31. The van der Waals surface area contributed by atoms with Crippen LogP contribution in [0.2, 0.25) is 0 Å². The van der Waals surface area contributed by atoms with E-state index in [2.05, 4.69) is 35.5 Å². The van der Waals surface area contributed by atoms with Gasteiger partial charge in [0.15, 0.2) is 11.5 Å². The van der Waals surface area contributed by atoms with Crippen molar-refractivity contribution >= 4 is 11.9 Å². The fraction of sp³-hybridized carbons (Fsp3) is 0.294. The van der Waals surface area contributed by atoms with E-state index in [0.717, 1.165) is 24.8 Å². The molecule has 1 heterocycles. The molecule has 0 saturated heterocycles. The first-order valence-corrected chi connectivity index (χ1v) is 7.57. The summed E-state index contributed by atoms with van der Waals surface area (Å²) < 4.78 is 0. The van der Waals surface area contributed by atoms with Gasteiger partial charge >= 0.3 is 6.03 Å². The predicted octanol–water partition coefficient (Wildman–Crippen LogP) is 2.08. The summed E-state index contributed by atoms with van der Waals surface area (Å²) in [6, 6.07) is 5.34. The number of aliphatic hydroxyl groups is 1. The van der Waals surface area contributed by atoms with Crippen LogP contribution < -0.4 is 16.0 Å². The maximum Gasteiger partial charge on any atom is 0.324 e. The second kappa shape index (κ2) is 5.79. The van der Waals surface area contributed by atoms with E-state index >= 15 is 0 Å². The topological polar surface area (TPSA) is 90.5 Å². The molecule has 0 fully saturated rings. The van der Waals surface area contributed by atoms with Crippen LogP contribution in [-0.4, -0.2) is 17.0 Å². The molecule has 120 valence electrons. The van der Waals surface area contributed by atoms with Crippen molar-refractivity contribution in [3.63, 3.8) is 0 Å². The Labute approximate surface area is 134 Å². The van der Waals surface area contributed by atoms with Gasteiger partial charge in [-0.3, -0.25) is 10.1 Å². The Hall–Kier alpha value is -2.76. The standard InChI is InChI=1S/C17H19N3O3/c1-9-5-3-7-12-11(9)6-4-8-13(12)19-16(22)14-15(21)10(2)18-17(23)20-14/h3,5,7,13,21H,2,4,6,8H2,1H3,(H,19,22)(H2,18,20,23)/t13-/m0/s1. The Bertz CT molecular complexity index is 737. The lowest BCUT2D eigenvalue weighted by atomic mass is 9.85. The second-order valence-electron chi connectivity index (χ2n) is 5.84. The second-order valence-corrected chi connectivity index (χ2v) is 5.84. The molecule has 0 saturated carbocycles. The number of benzene rings is 1. The molecule has 6 heteroatoms. The van der Waals surface area contributed by atoms with E-state index in [9.17, 15) is 14.7 Å². The van der Waals surface area contributed by atoms with Crippen LogP contribution in [0.3, 0.4) is 0 Å². The fourth-order valence-corrected chi connectivity index (χ4v) is 3.13. The van der Waals surface area contributed by atoms with E-state index in [-0.39, 0.29) is 23.2 Å². The number of nitrogens with one attached hydrogen (secondary N) is 3. The Morgan fingerprint density at radius 2 is 2.17 bits per heavy atom. The zero-order chi connectivity index (χ0) is 16.6. The molecule has 0 aromatic heterocycles. The number of rotatable bonds is 2. The van der Waals surface area contributed by atoms with Crippen LogP contribution in [0, 0.1) is 6.92 Å². The van der Waals surface area contributed by atoms with Crippen LogP contribution in [0.25, 0.3) is 0 Å². The summed E-state index contributed by atoms with van der Waals surface area (Å²) in [7, 11) is 0. The van der Waals surface area contributed by atoms with Crippen LogP contribution in [0.5, 0.6) is 0 Å². The largest absolute Gasteiger partial charge is 0.504 e. The first-order valence-electron chi connectivity index (χ1n) is 7.57. The Morgan fingerprint density at radius 3 is 2.96 bits per heavy atom. The van der Waals surface area contributed by atoms with E-state index < -0.39 is 11.9 Å². The molecular formula is C17H19N3O3. The number of carbonyl (C=O) groups excluding carboxylic acids is 2. The molecule has 1 aromatic rings. The monoisotopic (exact) mass is 313 g/mol. The van der Waals surface area contributed by atoms with Crippen molar-refractivity contribution in [2.24, 2.45) is 0 Å². The number of hydrogen-bond donors (Lipinski definition) is 4. The zero-order valence-corrected chi connectivity index (χ0v) is 12.9. The molecule has 1 atom stereocenters. The van der Waals surface area contributed by atoms with Gasteiger partial charge in [-0.1, -0.05) is 24.8 Å². The lowest BCUT2D eigenvalue weighted by Crippen LogP contribution is -2.46. The summed E-state index contributed by atoms with van der Waals surface area (Å²) in [6.45, 7) is 5.58. The number of aliphatic hydroxyl groups excluding tert-OH is 1. The van der Waals surface area contributed by atoms with Crippen LogP contribution in [0.4, 0.5) is 4.79 Å². The van der Waals surface area contributed by atoms with Crippen molar-refractivity contribution in [1.82, 2.24) is 16.0 Å². The molecular weight excluding hydrogens is 294 g/mol. The van der Waals surface area contributed by atoms with Crippen LogP contribution in [-0.2, 0) is 11.2 Å². The van der Waals surface area contributed by atoms with E-state index in [1.807, 2.05) is 12.1 Å². The minimum Gasteiger partial charge on any atom is -0.504 e. The van der Waals surface area contributed by atoms with Gasteiger partial charge in [0.25, 0.3) is 5.91 Å². The third-order valence-corrected chi connectivity index (χ3v) is 4.30. The van der Waals surface area contributed by atoms with Crippen molar-refractivity contribution in [3.05, 3.63) is 58.6 Å². The Kier molecular flexibility index (Phi) is 3.82. The van der Waals surface area contributed by atoms with Gasteiger partial charge in [0.2, 0.25) is 0 Å². The minimum atomic E-state index is -0.585. The molecule has 3 amide bonds. The number of urea groups is 1. The van der Waals surface area contributed by atoms with Crippen molar-refractivity contribution in [3.8, 4) is 0 Å². The molecule has 1 aromatic carbocycles. The summed E-state index contributed by atoms with van der Waals surface area (Å²) in [5.74, 6) is -0.861. The van der Waals surface area contributed by atoms with Gasteiger partial charge in [0.1, 0.15) is 0 Å². The van der Waals surface area contributed by atoms with Crippen molar-refractivity contribution in [1.29, 1.82) is 0 Å². The zero-order valence-electron chi connectivity index (χ0n) is 12.9. The summed E-state index contributed by atoms with van der Waals surface area (Å²) in [4.78, 5) is 23.9. The summed E-state index contributed by atoms with van der Waals surface area (Å²) in [5, 5.41) is 17.5. The van der Waals surface area contributed by atoms with E-state index in [0.29, 0.717) is 0 Å². The van der Waals surface area contributed by atoms with Gasteiger partial charge in [-0.2, -0.15) is 0 Å². The molecule has 1 aliphatic carbocycles. The smallest absolute Gasteiger partial charge is 0.324 e. The van der Waals surface area contributed by atoms with Crippen LogP contribution in [0.1, 0.15) is 35.6 Å². The lowest BCUT2D eigenvalue weighted by molar-refractivity contribution is -0.118. The maximum absolute atomic E-state index is 12.4. The van der Waals surface area contributed by atoms with Crippen LogP contribution >= 0.6 is 0 Å². The Morgan fingerprint density at radius 1 is 1.39 bits per heavy atom. The van der Waals surface area contributed by atoms with Gasteiger partial charge < -0.3 is 15.7 Å². The molecule has 6 nitrogen and oxygen atoms in total. The van der Waals surface area contributed by atoms with Crippen molar-refractivity contribution in [2.45, 2.75) is 32.2 Å². The normalized spacial score (nSPS) is 20.5. The summed E-state index contributed by atoms with van der Waals surface area (Å²) in [5.41, 5.74) is 3.43. The third kappa shape index (κ3) is 2.79. The predicted molar refractivity (Wildman–Crippen MR) is 85.5 cm³/mol. The number of amides is 3. The first-order chi connectivity index (χ1) is 11.0. The fourth-order valence-electron chi connectivity index (χ4n) is 3.13. The molecule has 23 heavy (non-hydrogen) atoms. The average Bonchev–Trinajstić information content (AvgIpc) is 2.52. The Balaban J connectivity index is 1.85. The molecule has 0 bridgehead atoms. The SMILES string of the molecule is C=C1NC(=O)NC(C(=O)N[C@H]2CCCc3c(C)cccc32)=C1O. The van der Waals surface area contributed by atoms with Gasteiger partial charge in [-0.05, 0) is 42.9 Å². The number of carbonyl (C=O) groups is 2. The molecule has 1 aliphatic heterocycles. The van der Waals surface area contributed by atoms with Crippen molar-refractivity contribution in [2.75, 3.05) is 0 Å².